The van der Waals surface area contributed by atoms with Gasteiger partial charge in [0.25, 0.3) is 0 Å². The lowest BCUT2D eigenvalue weighted by Gasteiger charge is -2.08. The van der Waals surface area contributed by atoms with Crippen LogP contribution in [0.25, 0.3) is 0 Å². The number of benzene rings is 2. The summed E-state index contributed by atoms with van der Waals surface area (Å²) in [5, 5.41) is 14.1. The lowest BCUT2D eigenvalue weighted by atomic mass is 10.1. The van der Waals surface area contributed by atoms with Crippen LogP contribution in [0.1, 0.15) is 11.1 Å². The summed E-state index contributed by atoms with van der Waals surface area (Å²) >= 11 is 0. The molecule has 5 nitrogen and oxygen atoms in total. The van der Waals surface area contributed by atoms with Gasteiger partial charge in [0.2, 0.25) is 0 Å². The standard InChI is InChI=1S/C16H16N2O3/c1-10-3-4-13(9-11(10)2)18-16(21)15(20)17-12-5-7-14(19)8-6-12/h3-9,19H,1-2H3,(H,17,20)(H,18,21). The van der Waals surface area contributed by atoms with Crippen LogP contribution in [0.4, 0.5) is 11.4 Å². The molecule has 0 aliphatic rings. The average Bonchev–Trinajstić information content (AvgIpc) is 2.45. The van der Waals surface area contributed by atoms with Crippen LogP contribution in [0, 0.1) is 13.8 Å². The van der Waals surface area contributed by atoms with Crippen molar-refractivity contribution in [2.24, 2.45) is 0 Å². The molecule has 0 unspecified atom stereocenters. The summed E-state index contributed by atoms with van der Waals surface area (Å²) in [6.07, 6.45) is 0. The topological polar surface area (TPSA) is 78.4 Å². The van der Waals surface area contributed by atoms with Gasteiger partial charge < -0.3 is 15.7 Å². The zero-order valence-corrected chi connectivity index (χ0v) is 11.8. The zero-order valence-electron chi connectivity index (χ0n) is 11.8. The molecule has 2 amide bonds. The number of amides is 2. The van der Waals surface area contributed by atoms with E-state index in [1.165, 1.54) is 24.3 Å². The fraction of sp³-hybridized carbons (Fsp3) is 0.125. The van der Waals surface area contributed by atoms with Crippen LogP contribution in [0.3, 0.4) is 0 Å². The Labute approximate surface area is 122 Å². The molecule has 2 aromatic carbocycles. The molecule has 0 saturated heterocycles. The van der Waals surface area contributed by atoms with Gasteiger partial charge in [0, 0.05) is 11.4 Å². The minimum absolute atomic E-state index is 0.0904. The number of aromatic hydroxyl groups is 1. The van der Waals surface area contributed by atoms with E-state index in [2.05, 4.69) is 10.6 Å². The molecule has 108 valence electrons. The van der Waals surface area contributed by atoms with Crippen molar-refractivity contribution in [2.75, 3.05) is 10.6 Å². The van der Waals surface area contributed by atoms with Crippen LogP contribution in [0.5, 0.6) is 5.75 Å². The van der Waals surface area contributed by atoms with E-state index < -0.39 is 11.8 Å². The molecule has 0 bridgehead atoms. The third kappa shape index (κ3) is 3.82. The number of rotatable bonds is 2. The predicted molar refractivity (Wildman–Crippen MR) is 81.3 cm³/mol. The van der Waals surface area contributed by atoms with Crippen molar-refractivity contribution in [3.8, 4) is 5.75 Å². The number of phenols is 1. The highest BCUT2D eigenvalue weighted by Crippen LogP contribution is 2.15. The second kappa shape index (κ2) is 6.09. The number of nitrogens with one attached hydrogen (secondary N) is 2. The Morgan fingerprint density at radius 1 is 0.810 bits per heavy atom. The third-order valence-corrected chi connectivity index (χ3v) is 3.10. The molecule has 0 heterocycles. The van der Waals surface area contributed by atoms with E-state index in [4.69, 9.17) is 5.11 Å². The average molecular weight is 284 g/mol. The SMILES string of the molecule is Cc1ccc(NC(=O)C(=O)Nc2ccc(O)cc2)cc1C. The van der Waals surface area contributed by atoms with Gasteiger partial charge in [-0.1, -0.05) is 6.07 Å². The molecule has 0 atom stereocenters. The third-order valence-electron chi connectivity index (χ3n) is 3.10. The van der Waals surface area contributed by atoms with Crippen LogP contribution in [-0.4, -0.2) is 16.9 Å². The Balaban J connectivity index is 2.00. The molecular formula is C16H16N2O3. The van der Waals surface area contributed by atoms with Gasteiger partial charge in [-0.2, -0.15) is 0 Å². The molecule has 0 spiro atoms. The Bertz CT molecular complexity index is 678. The summed E-state index contributed by atoms with van der Waals surface area (Å²) in [7, 11) is 0. The number of hydrogen-bond acceptors (Lipinski definition) is 3. The van der Waals surface area contributed by atoms with E-state index in [0.29, 0.717) is 11.4 Å². The highest BCUT2D eigenvalue weighted by molar-refractivity contribution is 6.43. The zero-order chi connectivity index (χ0) is 15.4. The van der Waals surface area contributed by atoms with Crippen molar-refractivity contribution in [3.05, 3.63) is 53.6 Å². The fourth-order valence-electron chi connectivity index (χ4n) is 1.74. The number of anilines is 2. The van der Waals surface area contributed by atoms with Crippen molar-refractivity contribution in [1.82, 2.24) is 0 Å². The first-order chi connectivity index (χ1) is 9.95. The van der Waals surface area contributed by atoms with Crippen molar-refractivity contribution in [3.63, 3.8) is 0 Å². The molecule has 21 heavy (non-hydrogen) atoms. The Hall–Kier alpha value is -2.82. The summed E-state index contributed by atoms with van der Waals surface area (Å²) in [6.45, 7) is 3.90. The molecule has 2 rings (SSSR count). The van der Waals surface area contributed by atoms with Crippen molar-refractivity contribution in [1.29, 1.82) is 0 Å². The number of aryl methyl sites for hydroxylation is 2. The second-order valence-electron chi connectivity index (χ2n) is 4.75. The maximum atomic E-state index is 11.8. The summed E-state index contributed by atoms with van der Waals surface area (Å²) in [4.78, 5) is 23.6. The molecule has 0 aliphatic carbocycles. The number of carbonyl (C=O) groups is 2. The van der Waals surface area contributed by atoms with E-state index >= 15 is 0 Å². The van der Waals surface area contributed by atoms with Crippen LogP contribution in [0.2, 0.25) is 0 Å². The molecule has 0 saturated carbocycles. The molecule has 0 fully saturated rings. The van der Waals surface area contributed by atoms with Gasteiger partial charge in [-0.15, -0.1) is 0 Å². The van der Waals surface area contributed by atoms with Crippen molar-refractivity contribution < 1.29 is 14.7 Å². The van der Waals surface area contributed by atoms with Crippen molar-refractivity contribution in [2.45, 2.75) is 13.8 Å². The predicted octanol–water partition coefficient (Wildman–Crippen LogP) is 2.59. The number of carbonyl (C=O) groups excluding carboxylic acids is 2. The quantitative estimate of drug-likeness (QED) is 0.586. The van der Waals surface area contributed by atoms with E-state index in [1.807, 2.05) is 19.9 Å². The van der Waals surface area contributed by atoms with E-state index in [1.54, 1.807) is 12.1 Å². The minimum Gasteiger partial charge on any atom is -0.508 e. The van der Waals surface area contributed by atoms with Gasteiger partial charge in [0.1, 0.15) is 5.75 Å². The maximum Gasteiger partial charge on any atom is 0.314 e. The molecule has 0 aromatic heterocycles. The van der Waals surface area contributed by atoms with Crippen molar-refractivity contribution >= 4 is 23.2 Å². The fourth-order valence-corrected chi connectivity index (χ4v) is 1.74. The van der Waals surface area contributed by atoms with Gasteiger partial charge in [-0.25, -0.2) is 0 Å². The second-order valence-corrected chi connectivity index (χ2v) is 4.75. The minimum atomic E-state index is -0.765. The largest absolute Gasteiger partial charge is 0.508 e. The molecular weight excluding hydrogens is 268 g/mol. The number of hydrogen-bond donors (Lipinski definition) is 3. The summed E-state index contributed by atoms with van der Waals surface area (Å²) in [5.41, 5.74) is 3.16. The smallest absolute Gasteiger partial charge is 0.314 e. The summed E-state index contributed by atoms with van der Waals surface area (Å²) < 4.78 is 0. The first-order valence-electron chi connectivity index (χ1n) is 6.44. The van der Waals surface area contributed by atoms with E-state index in [-0.39, 0.29) is 5.75 Å². The molecule has 3 N–H and O–H groups in total. The Morgan fingerprint density at radius 3 is 1.90 bits per heavy atom. The highest BCUT2D eigenvalue weighted by Gasteiger charge is 2.14. The van der Waals surface area contributed by atoms with Gasteiger partial charge in [-0.05, 0) is 61.4 Å². The van der Waals surface area contributed by atoms with E-state index in [0.717, 1.165) is 11.1 Å². The Kier molecular flexibility index (Phi) is 4.23. The highest BCUT2D eigenvalue weighted by atomic mass is 16.3. The summed E-state index contributed by atoms with van der Waals surface area (Å²) in [5.74, 6) is -1.42. The lowest BCUT2D eigenvalue weighted by Crippen LogP contribution is -2.29. The maximum absolute atomic E-state index is 11.8. The molecule has 5 heteroatoms. The van der Waals surface area contributed by atoms with Gasteiger partial charge in [0.15, 0.2) is 0 Å². The molecule has 2 aromatic rings. The summed E-state index contributed by atoms with van der Waals surface area (Å²) in [6, 6.07) is 11.3. The van der Waals surface area contributed by atoms with Crippen LogP contribution < -0.4 is 10.6 Å². The monoisotopic (exact) mass is 284 g/mol. The van der Waals surface area contributed by atoms with Gasteiger partial charge in [-0.3, -0.25) is 9.59 Å². The molecule has 0 radical (unpaired) electrons. The first-order valence-corrected chi connectivity index (χ1v) is 6.44. The van der Waals surface area contributed by atoms with Gasteiger partial charge in [0.05, 0.1) is 0 Å². The number of phenolic OH excluding ortho intramolecular Hbond substituents is 1. The van der Waals surface area contributed by atoms with Gasteiger partial charge >= 0.3 is 11.8 Å². The normalized spacial score (nSPS) is 10.0. The molecule has 0 aliphatic heterocycles. The lowest BCUT2D eigenvalue weighted by molar-refractivity contribution is -0.132. The van der Waals surface area contributed by atoms with Crippen LogP contribution in [0.15, 0.2) is 42.5 Å². The Morgan fingerprint density at radius 2 is 1.33 bits per heavy atom. The van der Waals surface area contributed by atoms with Crippen LogP contribution in [-0.2, 0) is 9.59 Å². The van der Waals surface area contributed by atoms with Crippen LogP contribution >= 0.6 is 0 Å². The first kappa shape index (κ1) is 14.6. The van der Waals surface area contributed by atoms with E-state index in [9.17, 15) is 9.59 Å².